The van der Waals surface area contributed by atoms with E-state index in [9.17, 15) is 0 Å². The van der Waals surface area contributed by atoms with Gasteiger partial charge in [0.05, 0.1) is 0 Å². The van der Waals surface area contributed by atoms with Gasteiger partial charge in [-0.25, -0.2) is 0 Å². The first kappa shape index (κ1) is 28.7. The minimum absolute atomic E-state index is 0.188. The van der Waals surface area contributed by atoms with Gasteiger partial charge in [0.2, 0.25) is 0 Å². The van der Waals surface area contributed by atoms with Crippen LogP contribution >= 0.6 is 0 Å². The Labute approximate surface area is 315 Å². The molecule has 14 rings (SSSR count). The van der Waals surface area contributed by atoms with Gasteiger partial charge in [-0.05, 0) is 119 Å². The van der Waals surface area contributed by atoms with Crippen molar-refractivity contribution >= 4 is 125 Å². The zero-order chi connectivity index (χ0) is 35.5. The van der Waals surface area contributed by atoms with Crippen molar-refractivity contribution in [3.63, 3.8) is 0 Å². The Hall–Kier alpha value is -6.80. The summed E-state index contributed by atoms with van der Waals surface area (Å²) in [6.07, 6.45) is 36.1. The SMILES string of the molecule is C1=Cc2c(ccc3c4ccccc4c4c5c(c6c(c4c23)C=CC=6)C(OC2C=Cc3c2c2c(c4c3c3ccccc3c3ccc6c(c34)C=CC=6)C=CC=2)C=C5)=C1. The first-order chi connectivity index (χ1) is 27.3. The average molecular weight is 695 g/mol. The third-order valence-electron chi connectivity index (χ3n) is 13.2. The van der Waals surface area contributed by atoms with Crippen molar-refractivity contribution in [2.45, 2.75) is 12.2 Å². The van der Waals surface area contributed by atoms with E-state index < -0.39 is 0 Å². The van der Waals surface area contributed by atoms with Crippen LogP contribution in [0.3, 0.4) is 0 Å². The molecule has 8 aromatic rings. The molecule has 0 aromatic heterocycles. The molecular weight excluding hydrogens is 665 g/mol. The molecule has 0 saturated carbocycles. The van der Waals surface area contributed by atoms with Crippen molar-refractivity contribution in [1.82, 2.24) is 0 Å². The number of ether oxygens (including phenoxy) is 1. The lowest BCUT2D eigenvalue weighted by Crippen LogP contribution is -2.21. The minimum atomic E-state index is -0.188. The fraction of sp³-hybridized carbons (Fsp3) is 0.0370. The van der Waals surface area contributed by atoms with E-state index in [2.05, 4.69) is 170 Å². The summed E-state index contributed by atoms with van der Waals surface area (Å²) in [7, 11) is 0. The molecule has 0 fully saturated rings. The quantitative estimate of drug-likeness (QED) is 0.164. The average Bonchev–Trinajstić information content (AvgIpc) is 4.08. The van der Waals surface area contributed by atoms with Crippen LogP contribution in [0.1, 0.15) is 56.7 Å². The van der Waals surface area contributed by atoms with E-state index in [0.717, 1.165) is 0 Å². The van der Waals surface area contributed by atoms with E-state index in [-0.39, 0.29) is 12.2 Å². The molecule has 252 valence electrons. The molecule has 0 bridgehead atoms. The van der Waals surface area contributed by atoms with Crippen molar-refractivity contribution < 1.29 is 4.74 Å². The van der Waals surface area contributed by atoms with Crippen LogP contribution in [-0.2, 0) is 4.74 Å². The maximum Gasteiger partial charge on any atom is 0.103 e. The van der Waals surface area contributed by atoms with Crippen LogP contribution in [-0.4, -0.2) is 0 Å². The minimum Gasteiger partial charge on any atom is -0.357 e. The Balaban J connectivity index is 1.02. The van der Waals surface area contributed by atoms with Gasteiger partial charge in [-0.3, -0.25) is 0 Å². The first-order valence-corrected chi connectivity index (χ1v) is 19.4. The Bertz CT molecular complexity index is 3480. The van der Waals surface area contributed by atoms with Crippen LogP contribution in [0.4, 0.5) is 0 Å². The lowest BCUT2D eigenvalue weighted by Gasteiger charge is -2.23. The van der Waals surface area contributed by atoms with Crippen molar-refractivity contribution in [2.24, 2.45) is 0 Å². The van der Waals surface area contributed by atoms with Crippen LogP contribution in [0.15, 0.2) is 109 Å². The van der Waals surface area contributed by atoms with Gasteiger partial charge in [0, 0.05) is 11.1 Å². The maximum absolute atomic E-state index is 7.42. The van der Waals surface area contributed by atoms with Crippen molar-refractivity contribution in [3.05, 3.63) is 175 Å². The second-order valence-electron chi connectivity index (χ2n) is 15.7. The predicted octanol–water partition coefficient (Wildman–Crippen LogP) is 10.7. The first-order valence-electron chi connectivity index (χ1n) is 19.4. The molecule has 6 aliphatic carbocycles. The van der Waals surface area contributed by atoms with E-state index in [1.54, 1.807) is 0 Å². The van der Waals surface area contributed by atoms with E-state index in [0.29, 0.717) is 0 Å². The van der Waals surface area contributed by atoms with Crippen molar-refractivity contribution in [2.75, 3.05) is 0 Å². The van der Waals surface area contributed by atoms with Crippen LogP contribution in [0, 0.1) is 0 Å². The van der Waals surface area contributed by atoms with Crippen molar-refractivity contribution in [1.29, 1.82) is 0 Å². The third kappa shape index (κ3) is 3.45. The number of rotatable bonds is 2. The van der Waals surface area contributed by atoms with Crippen LogP contribution < -0.4 is 20.9 Å². The van der Waals surface area contributed by atoms with Crippen LogP contribution in [0.25, 0.3) is 125 Å². The molecule has 0 radical (unpaired) electrons. The fourth-order valence-corrected chi connectivity index (χ4v) is 11.1. The molecule has 0 aliphatic heterocycles. The summed E-state index contributed by atoms with van der Waals surface area (Å²) in [4.78, 5) is 0. The molecule has 1 nitrogen and oxygen atoms in total. The molecule has 55 heavy (non-hydrogen) atoms. The number of hydrogen-bond donors (Lipinski definition) is 0. The molecule has 8 aromatic carbocycles. The Kier molecular flexibility index (Phi) is 5.23. The number of allylic oxidation sites excluding steroid dienone is 4. The summed E-state index contributed by atoms with van der Waals surface area (Å²) in [6, 6.07) is 27.2. The molecule has 0 N–H and O–H groups in total. The lowest BCUT2D eigenvalue weighted by molar-refractivity contribution is 0.0427. The highest BCUT2D eigenvalue weighted by molar-refractivity contribution is 6.32. The highest BCUT2D eigenvalue weighted by atomic mass is 16.5. The predicted molar refractivity (Wildman–Crippen MR) is 235 cm³/mol. The standard InChI is InChI=1S/C54H30O/c1-3-13-35-33(11-1)41-23-21-29-9-5-15-31(29)49(41)53-39-19-7-17-37(39)47-43(51(35)53)25-27-45(47)55-46-28-26-44-48(46)38-18-8-20-40(38)54-50-32-16-6-10-30(32)22-24-42(50)34-12-2-4-14-36(34)52(44)54/h1-28,45-46H. The van der Waals surface area contributed by atoms with Gasteiger partial charge in [-0.1, -0.05) is 170 Å². The highest BCUT2D eigenvalue weighted by Crippen LogP contribution is 2.48. The van der Waals surface area contributed by atoms with Crippen LogP contribution in [0.5, 0.6) is 0 Å². The Morgan fingerprint density at radius 2 is 0.727 bits per heavy atom. The van der Waals surface area contributed by atoms with Gasteiger partial charge < -0.3 is 4.74 Å². The lowest BCUT2D eigenvalue weighted by atomic mass is 9.84. The van der Waals surface area contributed by atoms with E-state index in [4.69, 9.17) is 4.74 Å². The summed E-state index contributed by atoms with van der Waals surface area (Å²) < 4.78 is 7.42. The summed E-state index contributed by atoms with van der Waals surface area (Å²) in [5, 5.41) is 21.1. The maximum atomic E-state index is 7.42. The third-order valence-corrected chi connectivity index (χ3v) is 13.2. The largest absolute Gasteiger partial charge is 0.357 e. The van der Waals surface area contributed by atoms with Gasteiger partial charge in [-0.15, -0.1) is 0 Å². The fourth-order valence-electron chi connectivity index (χ4n) is 11.1. The molecule has 1 heteroatoms. The highest BCUT2D eigenvalue weighted by Gasteiger charge is 2.33. The Morgan fingerprint density at radius 3 is 1.22 bits per heavy atom. The number of benzene rings is 8. The van der Waals surface area contributed by atoms with Gasteiger partial charge in [0.25, 0.3) is 0 Å². The summed E-state index contributed by atoms with van der Waals surface area (Å²) in [5.41, 5.74) is 10.4. The molecule has 0 spiro atoms. The molecule has 6 aliphatic rings. The molecule has 0 saturated heterocycles. The topological polar surface area (TPSA) is 9.23 Å². The monoisotopic (exact) mass is 694 g/mol. The van der Waals surface area contributed by atoms with Gasteiger partial charge in [-0.2, -0.15) is 0 Å². The molecule has 0 amide bonds. The molecule has 0 heterocycles. The summed E-state index contributed by atoms with van der Waals surface area (Å²) >= 11 is 0. The van der Waals surface area contributed by atoms with Gasteiger partial charge >= 0.3 is 0 Å². The van der Waals surface area contributed by atoms with E-state index in [1.165, 1.54) is 130 Å². The molecule has 2 atom stereocenters. The number of hydrogen-bond acceptors (Lipinski definition) is 1. The van der Waals surface area contributed by atoms with Crippen molar-refractivity contribution in [3.8, 4) is 0 Å². The van der Waals surface area contributed by atoms with E-state index in [1.807, 2.05) is 0 Å². The normalized spacial score (nSPS) is 18.4. The van der Waals surface area contributed by atoms with E-state index >= 15 is 0 Å². The molecule has 2 unspecified atom stereocenters. The Morgan fingerprint density at radius 1 is 0.327 bits per heavy atom. The molecular formula is C54H30O. The van der Waals surface area contributed by atoms with Gasteiger partial charge in [0.15, 0.2) is 0 Å². The smallest absolute Gasteiger partial charge is 0.103 e. The zero-order valence-electron chi connectivity index (χ0n) is 29.7. The summed E-state index contributed by atoms with van der Waals surface area (Å²) in [6.45, 7) is 0. The second-order valence-corrected chi connectivity index (χ2v) is 15.7. The van der Waals surface area contributed by atoms with Crippen LogP contribution in [0.2, 0.25) is 0 Å². The zero-order valence-corrected chi connectivity index (χ0v) is 29.7. The van der Waals surface area contributed by atoms with Gasteiger partial charge in [0.1, 0.15) is 12.2 Å². The second kappa shape index (κ2) is 10.0. The summed E-state index contributed by atoms with van der Waals surface area (Å²) in [5.74, 6) is 0. The number of fused-ring (bicyclic) bond motifs is 26.